The van der Waals surface area contributed by atoms with E-state index in [9.17, 15) is 4.79 Å². The van der Waals surface area contributed by atoms with Crippen molar-refractivity contribution in [3.05, 3.63) is 29.3 Å². The van der Waals surface area contributed by atoms with Crippen LogP contribution in [0, 0.1) is 5.92 Å². The van der Waals surface area contributed by atoms with Crippen molar-refractivity contribution in [1.29, 1.82) is 0 Å². The molecule has 0 unspecified atom stereocenters. The number of rotatable bonds is 4. The Morgan fingerprint density at radius 1 is 1.20 bits per heavy atom. The SMILES string of the molecule is CON(C)C(=O)[C@H]1CC[C@H](Oc2ccc(Cl)cc2)CC1. The zero-order valence-electron chi connectivity index (χ0n) is 11.8. The average molecular weight is 298 g/mol. The highest BCUT2D eigenvalue weighted by Crippen LogP contribution is 2.29. The molecule has 1 fully saturated rings. The van der Waals surface area contributed by atoms with Crippen LogP contribution >= 0.6 is 11.6 Å². The fourth-order valence-corrected chi connectivity index (χ4v) is 2.61. The molecule has 1 aliphatic carbocycles. The summed E-state index contributed by atoms with van der Waals surface area (Å²) in [5.74, 6) is 0.931. The first kappa shape index (κ1) is 15.1. The number of ether oxygens (including phenoxy) is 1. The Labute approximate surface area is 124 Å². The van der Waals surface area contributed by atoms with Crippen LogP contribution < -0.4 is 4.74 Å². The minimum atomic E-state index is 0.0463. The van der Waals surface area contributed by atoms with Crippen LogP contribution in [0.2, 0.25) is 5.02 Å². The third-order valence-corrected chi connectivity index (χ3v) is 3.98. The van der Waals surface area contributed by atoms with Crippen molar-refractivity contribution < 1.29 is 14.4 Å². The molecule has 0 aliphatic heterocycles. The van der Waals surface area contributed by atoms with Gasteiger partial charge < -0.3 is 4.74 Å². The Bertz CT molecular complexity index is 441. The van der Waals surface area contributed by atoms with E-state index >= 15 is 0 Å². The highest BCUT2D eigenvalue weighted by Gasteiger charge is 2.29. The van der Waals surface area contributed by atoms with Gasteiger partial charge in [0, 0.05) is 18.0 Å². The summed E-state index contributed by atoms with van der Waals surface area (Å²) in [6, 6.07) is 7.38. The molecule has 0 N–H and O–H groups in total. The summed E-state index contributed by atoms with van der Waals surface area (Å²) in [5.41, 5.74) is 0. The van der Waals surface area contributed by atoms with Crippen molar-refractivity contribution in [2.45, 2.75) is 31.8 Å². The smallest absolute Gasteiger partial charge is 0.248 e. The highest BCUT2D eigenvalue weighted by atomic mass is 35.5. The second kappa shape index (κ2) is 6.95. The predicted octanol–water partition coefficient (Wildman–Crippen LogP) is 3.30. The Kier molecular flexibility index (Phi) is 5.26. The molecule has 1 saturated carbocycles. The number of nitrogens with zero attached hydrogens (tertiary/aromatic N) is 1. The molecule has 1 amide bonds. The van der Waals surface area contributed by atoms with Crippen molar-refractivity contribution in [3.8, 4) is 5.75 Å². The van der Waals surface area contributed by atoms with Gasteiger partial charge in [0.25, 0.3) is 0 Å². The number of carbonyl (C=O) groups is 1. The van der Waals surface area contributed by atoms with Crippen LogP contribution in [0.25, 0.3) is 0 Å². The van der Waals surface area contributed by atoms with Gasteiger partial charge in [0.05, 0.1) is 13.2 Å². The lowest BCUT2D eigenvalue weighted by molar-refractivity contribution is -0.174. The molecule has 1 aromatic rings. The second-order valence-electron chi connectivity index (χ2n) is 5.06. The summed E-state index contributed by atoms with van der Waals surface area (Å²) in [6.45, 7) is 0. The van der Waals surface area contributed by atoms with E-state index in [0.717, 1.165) is 31.4 Å². The van der Waals surface area contributed by atoms with E-state index in [1.807, 2.05) is 24.3 Å². The molecule has 2 rings (SSSR count). The molecule has 5 heteroatoms. The number of carbonyl (C=O) groups excluding carboxylic acids is 1. The van der Waals surface area contributed by atoms with Gasteiger partial charge in [0.1, 0.15) is 5.75 Å². The molecule has 1 aromatic carbocycles. The molecule has 0 spiro atoms. The summed E-state index contributed by atoms with van der Waals surface area (Å²) in [7, 11) is 3.16. The molecular formula is C15H20ClNO3. The van der Waals surface area contributed by atoms with Gasteiger partial charge in [-0.1, -0.05) is 11.6 Å². The van der Waals surface area contributed by atoms with E-state index in [2.05, 4.69) is 0 Å². The van der Waals surface area contributed by atoms with Gasteiger partial charge >= 0.3 is 0 Å². The molecule has 0 radical (unpaired) electrons. The lowest BCUT2D eigenvalue weighted by atomic mass is 9.86. The van der Waals surface area contributed by atoms with Crippen LogP contribution in [0.4, 0.5) is 0 Å². The normalized spacial score (nSPS) is 22.4. The van der Waals surface area contributed by atoms with Crippen LogP contribution in [-0.2, 0) is 9.63 Å². The van der Waals surface area contributed by atoms with Crippen LogP contribution in [0.3, 0.4) is 0 Å². The number of hydrogen-bond acceptors (Lipinski definition) is 3. The maximum Gasteiger partial charge on any atom is 0.248 e. The topological polar surface area (TPSA) is 38.8 Å². The van der Waals surface area contributed by atoms with E-state index < -0.39 is 0 Å². The van der Waals surface area contributed by atoms with Crippen LogP contribution in [0.5, 0.6) is 5.75 Å². The average Bonchev–Trinajstić information content (AvgIpc) is 2.49. The summed E-state index contributed by atoms with van der Waals surface area (Å²) in [4.78, 5) is 16.9. The number of halogens is 1. The fourth-order valence-electron chi connectivity index (χ4n) is 2.48. The molecule has 1 aliphatic rings. The molecule has 0 bridgehead atoms. The molecule has 0 heterocycles. The maximum atomic E-state index is 12.0. The molecule has 20 heavy (non-hydrogen) atoms. The quantitative estimate of drug-likeness (QED) is 0.801. The summed E-state index contributed by atoms with van der Waals surface area (Å²) in [5, 5.41) is 2.01. The fraction of sp³-hybridized carbons (Fsp3) is 0.533. The zero-order chi connectivity index (χ0) is 14.5. The van der Waals surface area contributed by atoms with E-state index in [0.29, 0.717) is 5.02 Å². The summed E-state index contributed by atoms with van der Waals surface area (Å²) < 4.78 is 5.91. The molecule has 0 atom stereocenters. The van der Waals surface area contributed by atoms with Crippen molar-refractivity contribution in [2.75, 3.05) is 14.2 Å². The van der Waals surface area contributed by atoms with Gasteiger partial charge in [0.15, 0.2) is 0 Å². The standard InChI is InChI=1S/C15H20ClNO3/c1-17(19-2)15(18)11-3-7-13(8-4-11)20-14-9-5-12(16)6-10-14/h5-6,9-11,13H,3-4,7-8H2,1-2H3/t11-,13-. The third kappa shape index (κ3) is 3.87. The van der Waals surface area contributed by atoms with Crippen molar-refractivity contribution in [1.82, 2.24) is 5.06 Å². The summed E-state index contributed by atoms with van der Waals surface area (Å²) >= 11 is 5.84. The van der Waals surface area contributed by atoms with Gasteiger partial charge in [-0.3, -0.25) is 9.63 Å². The second-order valence-corrected chi connectivity index (χ2v) is 5.50. The minimum Gasteiger partial charge on any atom is -0.490 e. The Balaban J connectivity index is 1.82. The first-order chi connectivity index (χ1) is 9.60. The Morgan fingerprint density at radius 3 is 2.35 bits per heavy atom. The summed E-state index contributed by atoms with van der Waals surface area (Å²) in [6.07, 6.45) is 3.62. The number of amides is 1. The molecule has 0 aromatic heterocycles. The minimum absolute atomic E-state index is 0.0463. The predicted molar refractivity (Wildman–Crippen MR) is 77.6 cm³/mol. The van der Waals surface area contributed by atoms with Crippen molar-refractivity contribution in [3.63, 3.8) is 0 Å². The largest absolute Gasteiger partial charge is 0.490 e. The van der Waals surface area contributed by atoms with Gasteiger partial charge in [-0.2, -0.15) is 0 Å². The maximum absolute atomic E-state index is 12.0. The first-order valence-electron chi connectivity index (χ1n) is 6.84. The third-order valence-electron chi connectivity index (χ3n) is 3.72. The van der Waals surface area contributed by atoms with Crippen molar-refractivity contribution >= 4 is 17.5 Å². The number of benzene rings is 1. The van der Waals surface area contributed by atoms with E-state index in [1.54, 1.807) is 7.05 Å². The van der Waals surface area contributed by atoms with Gasteiger partial charge in [-0.05, 0) is 49.9 Å². The zero-order valence-corrected chi connectivity index (χ0v) is 12.6. The van der Waals surface area contributed by atoms with Gasteiger partial charge in [-0.25, -0.2) is 5.06 Å². The highest BCUT2D eigenvalue weighted by molar-refractivity contribution is 6.30. The van der Waals surface area contributed by atoms with E-state index in [1.165, 1.54) is 12.2 Å². The lowest BCUT2D eigenvalue weighted by Gasteiger charge is -2.30. The van der Waals surface area contributed by atoms with Crippen LogP contribution in [0.15, 0.2) is 24.3 Å². The molecule has 4 nitrogen and oxygen atoms in total. The van der Waals surface area contributed by atoms with E-state index in [-0.39, 0.29) is 17.9 Å². The Hall–Kier alpha value is -1.26. The lowest BCUT2D eigenvalue weighted by Crippen LogP contribution is -2.36. The van der Waals surface area contributed by atoms with Crippen LogP contribution in [0.1, 0.15) is 25.7 Å². The van der Waals surface area contributed by atoms with Crippen LogP contribution in [-0.4, -0.2) is 31.2 Å². The Morgan fingerprint density at radius 2 is 1.80 bits per heavy atom. The first-order valence-corrected chi connectivity index (χ1v) is 7.22. The molecule has 0 saturated heterocycles. The van der Waals surface area contributed by atoms with Crippen molar-refractivity contribution in [2.24, 2.45) is 5.92 Å². The molecule has 110 valence electrons. The van der Waals surface area contributed by atoms with Gasteiger partial charge in [-0.15, -0.1) is 0 Å². The number of hydroxylamine groups is 2. The molecular weight excluding hydrogens is 278 g/mol. The number of hydrogen-bond donors (Lipinski definition) is 0. The van der Waals surface area contributed by atoms with E-state index in [4.69, 9.17) is 21.2 Å². The monoisotopic (exact) mass is 297 g/mol. The van der Waals surface area contributed by atoms with Gasteiger partial charge in [0.2, 0.25) is 5.91 Å².